The molecule has 2 aromatic heterocycles. The third-order valence-corrected chi connectivity index (χ3v) is 6.10. The summed E-state index contributed by atoms with van der Waals surface area (Å²) in [6, 6.07) is 8.76. The van der Waals surface area contributed by atoms with Crippen molar-refractivity contribution in [3.63, 3.8) is 0 Å². The molecule has 7 nitrogen and oxygen atoms in total. The summed E-state index contributed by atoms with van der Waals surface area (Å²) in [7, 11) is -3.23. The van der Waals surface area contributed by atoms with Gasteiger partial charge in [0.15, 0.2) is 9.84 Å². The summed E-state index contributed by atoms with van der Waals surface area (Å²) >= 11 is 0. The van der Waals surface area contributed by atoms with Crippen molar-refractivity contribution in [3.8, 4) is 11.1 Å². The fraction of sp³-hybridized carbons (Fsp3) is 0.200. The van der Waals surface area contributed by atoms with Gasteiger partial charge in [-0.3, -0.25) is 0 Å². The minimum Gasteiger partial charge on any atom is -0.465 e. The van der Waals surface area contributed by atoms with E-state index in [1.807, 2.05) is 18.3 Å². The standard InChI is InChI=1S/C20H19N3O4S/c1-28(26,27)16-4-2-13(3-5-16)15-10-17-18(12-22-19(17)21-11-15)14-6-8-23(9-7-14)20(24)25/h2-6,10-12H,7-9H2,1H3,(H,21,22)(H,24,25). The van der Waals surface area contributed by atoms with Crippen molar-refractivity contribution in [2.75, 3.05) is 19.3 Å². The molecule has 0 radical (unpaired) electrons. The van der Waals surface area contributed by atoms with Gasteiger partial charge >= 0.3 is 6.09 Å². The van der Waals surface area contributed by atoms with Gasteiger partial charge in [0.05, 0.1) is 4.90 Å². The zero-order valence-corrected chi connectivity index (χ0v) is 16.0. The number of hydrogen-bond acceptors (Lipinski definition) is 4. The van der Waals surface area contributed by atoms with E-state index in [1.165, 1.54) is 11.2 Å². The molecule has 0 fully saturated rings. The minimum absolute atomic E-state index is 0.281. The maximum atomic E-state index is 11.6. The highest BCUT2D eigenvalue weighted by molar-refractivity contribution is 7.90. The monoisotopic (exact) mass is 397 g/mol. The number of hydrogen-bond donors (Lipinski definition) is 2. The number of nitrogens with zero attached hydrogens (tertiary/aromatic N) is 2. The first kappa shape index (κ1) is 18.2. The molecule has 28 heavy (non-hydrogen) atoms. The number of carboxylic acid groups (broad SMARTS) is 1. The van der Waals surface area contributed by atoms with Gasteiger partial charge < -0.3 is 15.0 Å². The number of carbonyl (C=O) groups is 1. The molecule has 0 unspecified atom stereocenters. The van der Waals surface area contributed by atoms with Crippen molar-refractivity contribution in [2.45, 2.75) is 11.3 Å². The topological polar surface area (TPSA) is 103 Å². The Morgan fingerprint density at radius 2 is 1.96 bits per heavy atom. The van der Waals surface area contributed by atoms with Gasteiger partial charge in [-0.1, -0.05) is 18.2 Å². The van der Waals surface area contributed by atoms with E-state index in [1.54, 1.807) is 30.5 Å². The average Bonchev–Trinajstić information content (AvgIpc) is 3.10. The predicted octanol–water partition coefficient (Wildman–Crippen LogP) is 3.40. The van der Waals surface area contributed by atoms with Crippen molar-refractivity contribution in [2.24, 2.45) is 0 Å². The van der Waals surface area contributed by atoms with E-state index in [0.717, 1.165) is 33.3 Å². The summed E-state index contributed by atoms with van der Waals surface area (Å²) in [4.78, 5) is 20.4. The lowest BCUT2D eigenvalue weighted by molar-refractivity contribution is 0.150. The van der Waals surface area contributed by atoms with E-state index in [-0.39, 0.29) is 4.90 Å². The van der Waals surface area contributed by atoms with Crippen LogP contribution in [-0.4, -0.2) is 53.8 Å². The van der Waals surface area contributed by atoms with E-state index >= 15 is 0 Å². The molecule has 0 saturated carbocycles. The van der Waals surface area contributed by atoms with E-state index in [9.17, 15) is 13.2 Å². The largest absolute Gasteiger partial charge is 0.465 e. The van der Waals surface area contributed by atoms with Crippen molar-refractivity contribution in [3.05, 3.63) is 54.4 Å². The zero-order valence-electron chi connectivity index (χ0n) is 15.2. The van der Waals surface area contributed by atoms with Crippen LogP contribution >= 0.6 is 0 Å². The Bertz CT molecular complexity index is 1190. The fourth-order valence-corrected chi connectivity index (χ4v) is 4.04. The second kappa shape index (κ2) is 6.79. The molecule has 1 aromatic carbocycles. The Kier molecular flexibility index (Phi) is 4.43. The zero-order chi connectivity index (χ0) is 19.9. The van der Waals surface area contributed by atoms with Gasteiger partial charge in [-0.2, -0.15) is 0 Å². The Morgan fingerprint density at radius 1 is 1.21 bits per heavy atom. The van der Waals surface area contributed by atoms with Crippen molar-refractivity contribution in [1.29, 1.82) is 0 Å². The summed E-state index contributed by atoms with van der Waals surface area (Å²) in [6.07, 6.45) is 6.51. The molecule has 4 rings (SSSR count). The van der Waals surface area contributed by atoms with Crippen molar-refractivity contribution in [1.82, 2.24) is 14.9 Å². The molecule has 3 heterocycles. The lowest BCUT2D eigenvalue weighted by atomic mass is 9.98. The second-order valence-electron chi connectivity index (χ2n) is 6.83. The number of rotatable bonds is 3. The van der Waals surface area contributed by atoms with E-state index in [0.29, 0.717) is 19.5 Å². The van der Waals surface area contributed by atoms with Crippen molar-refractivity contribution < 1.29 is 18.3 Å². The molecular formula is C20H19N3O4S. The molecule has 0 bridgehead atoms. The number of fused-ring (bicyclic) bond motifs is 1. The van der Waals surface area contributed by atoms with Gasteiger partial charge in [-0.05, 0) is 35.8 Å². The quantitative estimate of drug-likeness (QED) is 0.705. The van der Waals surface area contributed by atoms with Crippen LogP contribution in [0.25, 0.3) is 27.7 Å². The van der Waals surface area contributed by atoms with E-state index in [4.69, 9.17) is 5.11 Å². The van der Waals surface area contributed by atoms with Gasteiger partial charge in [0, 0.05) is 48.3 Å². The number of amides is 1. The molecule has 0 spiro atoms. The summed E-state index contributed by atoms with van der Waals surface area (Å²) < 4.78 is 23.3. The number of sulfone groups is 1. The number of nitrogens with one attached hydrogen (secondary N) is 1. The van der Waals surface area contributed by atoms with Gasteiger partial charge in [0.25, 0.3) is 0 Å². The maximum Gasteiger partial charge on any atom is 0.407 e. The summed E-state index contributed by atoms with van der Waals surface area (Å²) in [6.45, 7) is 0.839. The fourth-order valence-electron chi connectivity index (χ4n) is 3.41. The normalized spacial score (nSPS) is 14.9. The number of aromatic nitrogens is 2. The molecule has 144 valence electrons. The van der Waals surface area contributed by atoms with Gasteiger partial charge in [0.1, 0.15) is 5.65 Å². The van der Waals surface area contributed by atoms with Gasteiger partial charge in [-0.15, -0.1) is 0 Å². The van der Waals surface area contributed by atoms with E-state index < -0.39 is 15.9 Å². The molecular weight excluding hydrogens is 378 g/mol. The third kappa shape index (κ3) is 3.38. The molecule has 1 aliphatic rings. The van der Waals surface area contributed by atoms with Crippen LogP contribution in [0.2, 0.25) is 0 Å². The molecule has 2 N–H and O–H groups in total. The number of aromatic amines is 1. The molecule has 0 aliphatic carbocycles. The highest BCUT2D eigenvalue weighted by atomic mass is 32.2. The van der Waals surface area contributed by atoms with Crippen LogP contribution in [0.1, 0.15) is 12.0 Å². The lowest BCUT2D eigenvalue weighted by Crippen LogP contribution is -2.33. The molecule has 1 amide bonds. The predicted molar refractivity (Wildman–Crippen MR) is 107 cm³/mol. The number of benzene rings is 1. The first-order valence-corrected chi connectivity index (χ1v) is 10.7. The van der Waals surface area contributed by atoms with Crippen LogP contribution in [0.15, 0.2) is 53.7 Å². The lowest BCUT2D eigenvalue weighted by Gasteiger charge is -2.23. The Labute approximate surface area is 162 Å². The molecule has 0 saturated heterocycles. The highest BCUT2D eigenvalue weighted by Gasteiger charge is 2.19. The Balaban J connectivity index is 1.70. The average molecular weight is 397 g/mol. The van der Waals surface area contributed by atoms with Gasteiger partial charge in [-0.25, -0.2) is 18.2 Å². The van der Waals surface area contributed by atoms with Crippen LogP contribution in [0.3, 0.4) is 0 Å². The highest BCUT2D eigenvalue weighted by Crippen LogP contribution is 2.31. The third-order valence-electron chi connectivity index (χ3n) is 4.97. The smallest absolute Gasteiger partial charge is 0.407 e. The Hall–Kier alpha value is -3.13. The van der Waals surface area contributed by atoms with E-state index in [2.05, 4.69) is 9.97 Å². The molecule has 3 aromatic rings. The van der Waals surface area contributed by atoms with Crippen molar-refractivity contribution >= 4 is 32.5 Å². The summed E-state index contributed by atoms with van der Waals surface area (Å²) in [5.74, 6) is 0. The second-order valence-corrected chi connectivity index (χ2v) is 8.84. The van der Waals surface area contributed by atoms with Gasteiger partial charge in [0.2, 0.25) is 0 Å². The molecule has 0 atom stereocenters. The first-order valence-electron chi connectivity index (χ1n) is 8.78. The first-order chi connectivity index (χ1) is 13.3. The SMILES string of the molecule is CS(=O)(=O)c1ccc(-c2cnc3[nH]cc(C4=CCN(C(=O)O)CC4)c3c2)cc1. The van der Waals surface area contributed by atoms with Crippen LogP contribution in [0.4, 0.5) is 4.79 Å². The summed E-state index contributed by atoms with van der Waals surface area (Å²) in [5.41, 5.74) is 4.63. The minimum atomic E-state index is -3.23. The number of H-pyrrole nitrogens is 1. The number of pyridine rings is 1. The molecule has 1 aliphatic heterocycles. The summed E-state index contributed by atoms with van der Waals surface area (Å²) in [5, 5.41) is 10.1. The van der Waals surface area contributed by atoms with Crippen LogP contribution in [0.5, 0.6) is 0 Å². The van der Waals surface area contributed by atoms with Crippen LogP contribution in [0, 0.1) is 0 Å². The van der Waals surface area contributed by atoms with Crippen LogP contribution < -0.4 is 0 Å². The molecule has 8 heteroatoms. The Morgan fingerprint density at radius 3 is 2.57 bits per heavy atom. The maximum absolute atomic E-state index is 11.6. The van der Waals surface area contributed by atoms with Crippen LogP contribution in [-0.2, 0) is 9.84 Å².